The van der Waals surface area contributed by atoms with Crippen molar-refractivity contribution in [2.45, 2.75) is 6.92 Å². The number of nitrogens with zero attached hydrogens (tertiary/aromatic N) is 3. The molecule has 5 nitrogen and oxygen atoms in total. The Morgan fingerprint density at radius 3 is 2.67 bits per heavy atom. The van der Waals surface area contributed by atoms with Crippen LogP contribution in [-0.2, 0) is 0 Å². The summed E-state index contributed by atoms with van der Waals surface area (Å²) in [7, 11) is 0. The Balaban J connectivity index is 1.63. The molecule has 4 rings (SSSR count). The number of carbonyl (C=O) groups excluding carboxylic acids is 1. The number of para-hydroxylation sites is 1. The molecule has 0 fully saturated rings. The number of anilines is 1. The Morgan fingerprint density at radius 2 is 1.79 bits per heavy atom. The van der Waals surface area contributed by atoms with Crippen LogP contribution < -0.4 is 5.32 Å². The molecule has 24 heavy (non-hydrogen) atoms. The molecule has 1 N–H and O–H groups in total. The van der Waals surface area contributed by atoms with E-state index in [0.29, 0.717) is 5.69 Å². The summed E-state index contributed by atoms with van der Waals surface area (Å²) in [5.74, 6) is 0.671. The number of benzene rings is 1. The number of aryl methyl sites for hydroxylation is 1. The van der Waals surface area contributed by atoms with Gasteiger partial charge < -0.3 is 9.72 Å². The lowest BCUT2D eigenvalue weighted by Crippen LogP contribution is -2.14. The van der Waals surface area contributed by atoms with Gasteiger partial charge >= 0.3 is 0 Å². The third kappa shape index (κ3) is 2.46. The maximum atomic E-state index is 12.4. The van der Waals surface area contributed by atoms with Gasteiger partial charge in [0.05, 0.1) is 0 Å². The molecule has 0 saturated carbocycles. The highest BCUT2D eigenvalue weighted by molar-refractivity contribution is 6.03. The van der Waals surface area contributed by atoms with Crippen molar-refractivity contribution in [1.82, 2.24) is 14.2 Å². The minimum absolute atomic E-state index is 0.219. The van der Waals surface area contributed by atoms with Gasteiger partial charge in [0.1, 0.15) is 5.82 Å². The van der Waals surface area contributed by atoms with Crippen LogP contribution in [0, 0.1) is 6.92 Å². The van der Waals surface area contributed by atoms with Crippen molar-refractivity contribution in [2.24, 2.45) is 0 Å². The number of hydrogen-bond donors (Lipinski definition) is 1. The van der Waals surface area contributed by atoms with Gasteiger partial charge in [0.25, 0.3) is 5.91 Å². The third-order valence-corrected chi connectivity index (χ3v) is 3.99. The van der Waals surface area contributed by atoms with Gasteiger partial charge in [-0.2, -0.15) is 5.10 Å². The first-order valence-electron chi connectivity index (χ1n) is 7.71. The number of nitrogens with one attached hydrogen (secondary N) is 1. The largest absolute Gasteiger partial charge is 0.320 e. The van der Waals surface area contributed by atoms with Crippen LogP contribution in [0.1, 0.15) is 16.1 Å². The zero-order valence-corrected chi connectivity index (χ0v) is 13.2. The molecule has 0 aliphatic rings. The molecule has 1 amide bonds. The predicted molar refractivity (Wildman–Crippen MR) is 93.7 cm³/mol. The van der Waals surface area contributed by atoms with Crippen LogP contribution in [0.5, 0.6) is 0 Å². The van der Waals surface area contributed by atoms with Gasteiger partial charge in [-0.15, -0.1) is 0 Å². The van der Waals surface area contributed by atoms with E-state index in [0.717, 1.165) is 22.6 Å². The summed E-state index contributed by atoms with van der Waals surface area (Å²) in [6, 6.07) is 19.4. The minimum atomic E-state index is -0.219. The molecule has 0 atom stereocenters. The van der Waals surface area contributed by atoms with E-state index in [9.17, 15) is 4.79 Å². The molecule has 4 aromatic rings. The Labute approximate surface area is 139 Å². The summed E-state index contributed by atoms with van der Waals surface area (Å²) in [4.78, 5) is 12.4. The number of rotatable bonds is 3. The predicted octanol–water partition coefficient (Wildman–Crippen LogP) is 3.69. The summed E-state index contributed by atoms with van der Waals surface area (Å²) >= 11 is 0. The van der Waals surface area contributed by atoms with Gasteiger partial charge in [0, 0.05) is 23.6 Å². The summed E-state index contributed by atoms with van der Waals surface area (Å²) < 4.78 is 3.73. The number of amides is 1. The van der Waals surface area contributed by atoms with E-state index >= 15 is 0 Å². The number of pyridine rings is 1. The zero-order chi connectivity index (χ0) is 16.5. The van der Waals surface area contributed by atoms with Crippen LogP contribution >= 0.6 is 0 Å². The summed E-state index contributed by atoms with van der Waals surface area (Å²) in [6.07, 6.45) is 3.76. The molecule has 3 heterocycles. The molecule has 0 aliphatic carbocycles. The lowest BCUT2D eigenvalue weighted by atomic mass is 10.2. The van der Waals surface area contributed by atoms with E-state index in [1.807, 2.05) is 72.1 Å². The summed E-state index contributed by atoms with van der Waals surface area (Å²) in [6.45, 7) is 1.96. The average Bonchev–Trinajstić information content (AvgIpc) is 3.23. The lowest BCUT2D eigenvalue weighted by Gasteiger charge is -2.06. The highest BCUT2D eigenvalue weighted by Gasteiger charge is 2.12. The van der Waals surface area contributed by atoms with Gasteiger partial charge in [-0.3, -0.25) is 4.79 Å². The molecular formula is C19H16N4O. The SMILES string of the molecule is Cc1ccccc1NC(=O)c1ccn(-c2ccc3ccccn23)n1. The molecule has 3 aromatic heterocycles. The quantitative estimate of drug-likeness (QED) is 0.627. The molecule has 0 bridgehead atoms. The van der Waals surface area contributed by atoms with Gasteiger partial charge in [-0.1, -0.05) is 24.3 Å². The van der Waals surface area contributed by atoms with Crippen molar-refractivity contribution in [1.29, 1.82) is 0 Å². The van der Waals surface area contributed by atoms with Crippen molar-refractivity contribution in [3.8, 4) is 5.82 Å². The molecule has 0 radical (unpaired) electrons. The second-order valence-electron chi connectivity index (χ2n) is 5.60. The van der Waals surface area contributed by atoms with Gasteiger partial charge in [-0.25, -0.2) is 4.68 Å². The van der Waals surface area contributed by atoms with Gasteiger partial charge in [0.2, 0.25) is 0 Å². The van der Waals surface area contributed by atoms with Crippen LogP contribution in [0.25, 0.3) is 11.3 Å². The molecule has 1 aromatic carbocycles. The molecule has 0 spiro atoms. The highest BCUT2D eigenvalue weighted by Crippen LogP contribution is 2.16. The van der Waals surface area contributed by atoms with E-state index < -0.39 is 0 Å². The normalized spacial score (nSPS) is 10.9. The van der Waals surface area contributed by atoms with E-state index in [1.54, 1.807) is 16.9 Å². The van der Waals surface area contributed by atoms with E-state index in [2.05, 4.69) is 10.4 Å². The number of fused-ring (bicyclic) bond motifs is 1. The second-order valence-corrected chi connectivity index (χ2v) is 5.60. The van der Waals surface area contributed by atoms with Crippen molar-refractivity contribution < 1.29 is 4.79 Å². The van der Waals surface area contributed by atoms with Crippen LogP contribution in [0.3, 0.4) is 0 Å². The van der Waals surface area contributed by atoms with Crippen LogP contribution in [0.2, 0.25) is 0 Å². The fourth-order valence-electron chi connectivity index (χ4n) is 2.70. The molecule has 118 valence electrons. The Bertz CT molecular complexity index is 1030. The molecule has 5 heteroatoms. The summed E-state index contributed by atoms with van der Waals surface area (Å²) in [5, 5.41) is 7.31. The monoisotopic (exact) mass is 316 g/mol. The molecular weight excluding hydrogens is 300 g/mol. The number of aromatic nitrogens is 3. The standard InChI is InChI=1S/C19H16N4O/c1-14-6-2-3-8-16(14)20-19(24)17-11-13-23(21-17)18-10-9-15-7-4-5-12-22(15)18/h2-13H,1H3,(H,20,24). The van der Waals surface area contributed by atoms with E-state index in [-0.39, 0.29) is 5.91 Å². The fourth-order valence-corrected chi connectivity index (χ4v) is 2.70. The fraction of sp³-hybridized carbons (Fsp3) is 0.0526. The zero-order valence-electron chi connectivity index (χ0n) is 13.2. The Hall–Kier alpha value is -3.34. The first-order chi connectivity index (χ1) is 11.7. The van der Waals surface area contributed by atoms with Gasteiger partial charge in [-0.05, 0) is 48.9 Å². The average molecular weight is 316 g/mol. The lowest BCUT2D eigenvalue weighted by molar-refractivity contribution is 0.102. The van der Waals surface area contributed by atoms with Crippen molar-refractivity contribution in [3.63, 3.8) is 0 Å². The van der Waals surface area contributed by atoms with Crippen molar-refractivity contribution >= 4 is 17.1 Å². The first kappa shape index (κ1) is 14.3. The third-order valence-electron chi connectivity index (χ3n) is 3.99. The Morgan fingerprint density at radius 1 is 0.958 bits per heavy atom. The minimum Gasteiger partial charge on any atom is -0.320 e. The molecule has 0 unspecified atom stereocenters. The van der Waals surface area contributed by atoms with E-state index in [1.165, 1.54) is 0 Å². The Kier molecular flexibility index (Phi) is 3.39. The smallest absolute Gasteiger partial charge is 0.276 e. The maximum Gasteiger partial charge on any atom is 0.276 e. The van der Waals surface area contributed by atoms with Crippen molar-refractivity contribution in [2.75, 3.05) is 5.32 Å². The van der Waals surface area contributed by atoms with Crippen LogP contribution in [-0.4, -0.2) is 20.1 Å². The van der Waals surface area contributed by atoms with Gasteiger partial charge in [0.15, 0.2) is 5.69 Å². The van der Waals surface area contributed by atoms with Crippen LogP contribution in [0.15, 0.2) is 73.1 Å². The second kappa shape index (κ2) is 5.70. The summed E-state index contributed by atoms with van der Waals surface area (Å²) in [5.41, 5.74) is 3.27. The molecule has 0 aliphatic heterocycles. The number of carbonyl (C=O) groups is 1. The van der Waals surface area contributed by atoms with Crippen LogP contribution in [0.4, 0.5) is 5.69 Å². The van der Waals surface area contributed by atoms with Crippen molar-refractivity contribution in [3.05, 3.63) is 84.3 Å². The number of hydrogen-bond acceptors (Lipinski definition) is 2. The highest BCUT2D eigenvalue weighted by atomic mass is 16.1. The first-order valence-corrected chi connectivity index (χ1v) is 7.71. The maximum absolute atomic E-state index is 12.4. The molecule has 0 saturated heterocycles. The van der Waals surface area contributed by atoms with E-state index in [4.69, 9.17) is 0 Å². The topological polar surface area (TPSA) is 51.3 Å².